The molecule has 0 bridgehead atoms. The Kier molecular flexibility index (Phi) is 5.15. The van der Waals surface area contributed by atoms with Crippen molar-refractivity contribution in [2.75, 3.05) is 17.7 Å². The highest BCUT2D eigenvalue weighted by molar-refractivity contribution is 7.91. The Morgan fingerprint density at radius 2 is 1.88 bits per heavy atom. The van der Waals surface area contributed by atoms with Crippen LogP contribution in [-0.2, 0) is 14.6 Å². The first-order valence-electron chi connectivity index (χ1n) is 7.75. The molecule has 0 fully saturated rings. The fourth-order valence-corrected chi connectivity index (χ4v) is 3.33. The molecule has 8 heteroatoms. The van der Waals surface area contributed by atoms with Gasteiger partial charge in [0.05, 0.1) is 22.8 Å². The smallest absolute Gasteiger partial charge is 0.232 e. The third-order valence-corrected chi connectivity index (χ3v) is 5.35. The number of nitrogens with zero attached hydrogens (tertiary/aromatic N) is 1. The number of allylic oxidation sites excluding steroid dienone is 1. The SMILES string of the molecule is O=C/C(=C\Nc1ccc(S(=O)(=O)CCO)cc1)c1nc2ccccc2o1. The maximum atomic E-state index is 11.9. The predicted octanol–water partition coefficient (Wildman–Crippen LogP) is 2.25. The Hall–Kier alpha value is -2.97. The average Bonchev–Trinajstić information content (AvgIpc) is 3.06. The number of hydrogen-bond acceptors (Lipinski definition) is 7. The lowest BCUT2D eigenvalue weighted by molar-refractivity contribution is -0.103. The van der Waals surface area contributed by atoms with Crippen molar-refractivity contribution in [3.05, 3.63) is 60.6 Å². The highest BCUT2D eigenvalue weighted by atomic mass is 32.2. The molecule has 3 rings (SSSR count). The van der Waals surface area contributed by atoms with Crippen molar-refractivity contribution in [2.24, 2.45) is 0 Å². The molecule has 0 saturated heterocycles. The summed E-state index contributed by atoms with van der Waals surface area (Å²) < 4.78 is 29.3. The van der Waals surface area contributed by atoms with E-state index in [2.05, 4.69) is 10.3 Å². The molecule has 1 heterocycles. The summed E-state index contributed by atoms with van der Waals surface area (Å²) in [7, 11) is -3.50. The van der Waals surface area contributed by atoms with Crippen LogP contribution in [0.4, 0.5) is 5.69 Å². The molecule has 0 unspecified atom stereocenters. The van der Waals surface area contributed by atoms with Gasteiger partial charge in [0.25, 0.3) is 0 Å². The molecule has 1 aromatic heterocycles. The fraction of sp³-hybridized carbons (Fsp3) is 0.111. The quantitative estimate of drug-likeness (QED) is 0.483. The number of aromatic nitrogens is 1. The summed E-state index contributed by atoms with van der Waals surface area (Å²) >= 11 is 0. The molecule has 0 radical (unpaired) electrons. The summed E-state index contributed by atoms with van der Waals surface area (Å²) in [5.74, 6) is -0.136. The van der Waals surface area contributed by atoms with Crippen molar-refractivity contribution in [2.45, 2.75) is 4.90 Å². The van der Waals surface area contributed by atoms with Crippen molar-refractivity contribution in [3.8, 4) is 0 Å². The standard InChI is InChI=1S/C18H16N2O5S/c21-9-10-26(23,24)15-7-5-14(6-8-15)19-11-13(12-22)18-20-16-3-1-2-4-17(16)25-18/h1-8,11-12,19,21H,9-10H2/b13-11+. The van der Waals surface area contributed by atoms with Crippen LogP contribution in [0.3, 0.4) is 0 Å². The predicted molar refractivity (Wildman–Crippen MR) is 97.3 cm³/mol. The highest BCUT2D eigenvalue weighted by Gasteiger charge is 2.13. The second kappa shape index (κ2) is 7.51. The molecule has 26 heavy (non-hydrogen) atoms. The van der Waals surface area contributed by atoms with E-state index >= 15 is 0 Å². The maximum absolute atomic E-state index is 11.9. The van der Waals surface area contributed by atoms with Gasteiger partial charge in [-0.15, -0.1) is 0 Å². The molecule has 3 aromatic rings. The number of sulfone groups is 1. The van der Waals surface area contributed by atoms with E-state index in [4.69, 9.17) is 9.52 Å². The number of hydrogen-bond donors (Lipinski definition) is 2. The number of anilines is 1. The van der Waals surface area contributed by atoms with Crippen LogP contribution in [0.2, 0.25) is 0 Å². The van der Waals surface area contributed by atoms with Gasteiger partial charge < -0.3 is 14.8 Å². The third kappa shape index (κ3) is 3.81. The van der Waals surface area contributed by atoms with Crippen LogP contribution in [0.25, 0.3) is 16.7 Å². The molecule has 2 aromatic carbocycles. The summed E-state index contributed by atoms with van der Waals surface area (Å²) in [4.78, 5) is 15.7. The Balaban J connectivity index is 1.80. The molecule has 0 atom stereocenters. The van der Waals surface area contributed by atoms with Gasteiger partial charge in [-0.3, -0.25) is 4.79 Å². The van der Waals surface area contributed by atoms with Gasteiger partial charge in [0.2, 0.25) is 5.89 Å². The van der Waals surface area contributed by atoms with Gasteiger partial charge in [-0.1, -0.05) is 12.1 Å². The van der Waals surface area contributed by atoms with Gasteiger partial charge in [-0.05, 0) is 36.4 Å². The van der Waals surface area contributed by atoms with Crippen molar-refractivity contribution in [1.82, 2.24) is 4.98 Å². The number of rotatable bonds is 7. The topological polar surface area (TPSA) is 110 Å². The zero-order valence-corrected chi connectivity index (χ0v) is 14.4. The maximum Gasteiger partial charge on any atom is 0.232 e. The molecule has 134 valence electrons. The van der Waals surface area contributed by atoms with Crippen molar-refractivity contribution < 1.29 is 22.7 Å². The Morgan fingerprint density at radius 3 is 2.54 bits per heavy atom. The van der Waals surface area contributed by atoms with Crippen LogP contribution in [0, 0.1) is 0 Å². The number of para-hydroxylation sites is 2. The molecule has 0 aliphatic rings. The van der Waals surface area contributed by atoms with Gasteiger partial charge in [-0.25, -0.2) is 13.4 Å². The first kappa shape index (κ1) is 17.8. The summed E-state index contributed by atoms with van der Waals surface area (Å²) in [6.45, 7) is -0.432. The van der Waals surface area contributed by atoms with Gasteiger partial charge >= 0.3 is 0 Å². The van der Waals surface area contributed by atoms with Crippen LogP contribution in [0.1, 0.15) is 5.89 Å². The normalized spacial score (nSPS) is 12.3. The van der Waals surface area contributed by atoms with E-state index in [1.165, 1.54) is 18.3 Å². The van der Waals surface area contributed by atoms with E-state index in [1.807, 2.05) is 12.1 Å². The van der Waals surface area contributed by atoms with Crippen LogP contribution in [-0.4, -0.2) is 37.2 Å². The fourth-order valence-electron chi connectivity index (χ4n) is 2.30. The number of aliphatic hydroxyl groups excluding tert-OH is 1. The van der Waals surface area contributed by atoms with E-state index in [0.29, 0.717) is 23.1 Å². The summed E-state index contributed by atoms with van der Waals surface area (Å²) in [5, 5.41) is 11.7. The number of carbonyl (C=O) groups is 1. The number of carbonyl (C=O) groups excluding carboxylic acids is 1. The minimum absolute atomic E-state index is 0.121. The van der Waals surface area contributed by atoms with Gasteiger partial charge in [0.15, 0.2) is 21.7 Å². The largest absolute Gasteiger partial charge is 0.436 e. The third-order valence-electron chi connectivity index (χ3n) is 3.64. The first-order chi connectivity index (χ1) is 12.5. The number of fused-ring (bicyclic) bond motifs is 1. The van der Waals surface area contributed by atoms with Crippen molar-refractivity contribution >= 4 is 38.5 Å². The summed E-state index contributed by atoms with van der Waals surface area (Å²) in [6.07, 6.45) is 2.06. The lowest BCUT2D eigenvalue weighted by Gasteiger charge is -2.05. The van der Waals surface area contributed by atoms with Crippen LogP contribution < -0.4 is 5.32 Å². The lowest BCUT2D eigenvalue weighted by atomic mass is 10.3. The monoisotopic (exact) mass is 372 g/mol. The van der Waals surface area contributed by atoms with E-state index in [1.54, 1.807) is 24.3 Å². The summed E-state index contributed by atoms with van der Waals surface area (Å²) in [5.41, 5.74) is 2.03. The van der Waals surface area contributed by atoms with E-state index in [-0.39, 0.29) is 22.1 Å². The zero-order valence-electron chi connectivity index (χ0n) is 13.6. The number of benzene rings is 2. The van der Waals surface area contributed by atoms with Crippen molar-refractivity contribution in [1.29, 1.82) is 0 Å². The Morgan fingerprint density at radius 1 is 1.15 bits per heavy atom. The number of aliphatic hydroxyl groups is 1. The molecule has 0 amide bonds. The lowest BCUT2D eigenvalue weighted by Crippen LogP contribution is -2.09. The first-order valence-corrected chi connectivity index (χ1v) is 9.40. The zero-order chi connectivity index (χ0) is 18.6. The number of aldehydes is 1. The molecule has 0 saturated carbocycles. The van der Waals surface area contributed by atoms with E-state index in [9.17, 15) is 13.2 Å². The Labute approximate surface area is 149 Å². The second-order valence-electron chi connectivity index (χ2n) is 5.42. The molecule has 0 aliphatic carbocycles. The minimum atomic E-state index is -3.50. The molecule has 0 aliphatic heterocycles. The molecule has 7 nitrogen and oxygen atoms in total. The number of oxazole rings is 1. The van der Waals surface area contributed by atoms with Gasteiger partial charge in [0, 0.05) is 11.9 Å². The summed E-state index contributed by atoms with van der Waals surface area (Å²) in [6, 6.07) is 13.2. The molecule has 0 spiro atoms. The second-order valence-corrected chi connectivity index (χ2v) is 7.52. The van der Waals surface area contributed by atoms with Gasteiger partial charge in [-0.2, -0.15) is 0 Å². The van der Waals surface area contributed by atoms with Crippen LogP contribution in [0.15, 0.2) is 64.0 Å². The highest BCUT2D eigenvalue weighted by Crippen LogP contribution is 2.20. The Bertz CT molecular complexity index is 1020. The van der Waals surface area contributed by atoms with Gasteiger partial charge in [0.1, 0.15) is 5.52 Å². The molecular weight excluding hydrogens is 356 g/mol. The van der Waals surface area contributed by atoms with Crippen LogP contribution in [0.5, 0.6) is 0 Å². The molecular formula is C18H16N2O5S. The molecule has 2 N–H and O–H groups in total. The number of nitrogens with one attached hydrogen (secondary N) is 1. The van der Waals surface area contributed by atoms with Crippen LogP contribution >= 0.6 is 0 Å². The van der Waals surface area contributed by atoms with E-state index in [0.717, 1.165) is 0 Å². The minimum Gasteiger partial charge on any atom is -0.436 e. The van der Waals surface area contributed by atoms with Crippen molar-refractivity contribution in [3.63, 3.8) is 0 Å². The average molecular weight is 372 g/mol. The van der Waals surface area contributed by atoms with E-state index < -0.39 is 16.4 Å².